The highest BCUT2D eigenvalue weighted by Gasteiger charge is 2.23. The van der Waals surface area contributed by atoms with Gasteiger partial charge < -0.3 is 9.84 Å². The zero-order chi connectivity index (χ0) is 30.8. The maximum absolute atomic E-state index is 12.9. The number of carboxylic acids is 1. The lowest BCUT2D eigenvalue weighted by Crippen LogP contribution is -2.14. The van der Waals surface area contributed by atoms with Gasteiger partial charge in [-0.25, -0.2) is 17.7 Å². The van der Waals surface area contributed by atoms with Crippen molar-refractivity contribution in [3.63, 3.8) is 0 Å². The van der Waals surface area contributed by atoms with Gasteiger partial charge in [-0.05, 0) is 62.2 Å². The van der Waals surface area contributed by atoms with Crippen molar-refractivity contribution in [2.75, 3.05) is 4.72 Å². The number of rotatable bonds is 18. The van der Waals surface area contributed by atoms with E-state index in [0.717, 1.165) is 31.0 Å². The fourth-order valence-electron chi connectivity index (χ4n) is 4.98. The molecule has 4 aromatic rings. The van der Waals surface area contributed by atoms with Crippen molar-refractivity contribution < 1.29 is 23.1 Å². The fraction of sp³-hybridized carbons (Fsp3) is 0.452. The van der Waals surface area contributed by atoms with Crippen LogP contribution in [-0.4, -0.2) is 39.3 Å². The number of aromatic carboxylic acids is 1. The zero-order valence-electron chi connectivity index (χ0n) is 24.7. The van der Waals surface area contributed by atoms with Crippen LogP contribution in [0.2, 0.25) is 5.02 Å². The highest BCUT2D eigenvalue weighted by molar-refractivity contribution is 7.92. The van der Waals surface area contributed by atoms with Gasteiger partial charge in [-0.15, -0.1) is 10.2 Å². The summed E-state index contributed by atoms with van der Waals surface area (Å²) >= 11 is 6.39. The number of carboxylic acid groups (broad SMARTS) is 1. The number of H-pyrrole nitrogens is 1. The molecular weight excluding hydrogens is 590 g/mol. The number of aryl methyl sites for hydroxylation is 1. The van der Waals surface area contributed by atoms with E-state index in [1.54, 1.807) is 28.8 Å². The Labute approximate surface area is 257 Å². The number of benzene rings is 2. The van der Waals surface area contributed by atoms with E-state index in [0.29, 0.717) is 27.9 Å². The molecule has 3 N–H and O–H groups in total. The molecule has 0 saturated heterocycles. The SMILES string of the molecule is CCCCCCCCCCCCC(Oc1ccc(NS(=O)(=O)c2cccc(C(=O)O)c2)cc1)c1nnc2c(Cl)c(C)[nH]n12. The molecule has 10 nitrogen and oxygen atoms in total. The van der Waals surface area contributed by atoms with E-state index >= 15 is 0 Å². The summed E-state index contributed by atoms with van der Waals surface area (Å²) in [6.45, 7) is 4.11. The van der Waals surface area contributed by atoms with E-state index in [1.807, 2.05) is 6.92 Å². The molecule has 0 amide bonds. The molecule has 43 heavy (non-hydrogen) atoms. The number of fused-ring (bicyclic) bond motifs is 1. The van der Waals surface area contributed by atoms with Crippen LogP contribution in [0, 0.1) is 6.92 Å². The molecular formula is C31H40ClN5O5S. The summed E-state index contributed by atoms with van der Waals surface area (Å²) in [4.78, 5) is 11.1. The summed E-state index contributed by atoms with van der Waals surface area (Å²) in [6, 6.07) is 11.8. The van der Waals surface area contributed by atoms with Gasteiger partial charge in [-0.2, -0.15) is 0 Å². The Balaban J connectivity index is 1.40. The summed E-state index contributed by atoms with van der Waals surface area (Å²) in [7, 11) is -3.99. The van der Waals surface area contributed by atoms with Crippen LogP contribution in [0.25, 0.3) is 5.65 Å². The largest absolute Gasteiger partial charge is 0.482 e. The quantitative estimate of drug-likeness (QED) is 0.0949. The second kappa shape index (κ2) is 15.2. The monoisotopic (exact) mass is 629 g/mol. The minimum atomic E-state index is -3.99. The second-order valence-electron chi connectivity index (χ2n) is 10.8. The molecule has 0 aliphatic carbocycles. The predicted octanol–water partition coefficient (Wildman–Crippen LogP) is 7.95. The third-order valence-corrected chi connectivity index (χ3v) is 9.21. The zero-order valence-corrected chi connectivity index (χ0v) is 26.3. The fourth-order valence-corrected chi connectivity index (χ4v) is 6.24. The van der Waals surface area contributed by atoms with Crippen LogP contribution in [-0.2, 0) is 10.0 Å². The van der Waals surface area contributed by atoms with Crippen LogP contribution in [0.5, 0.6) is 5.75 Å². The van der Waals surface area contributed by atoms with Crippen LogP contribution in [0.15, 0.2) is 53.4 Å². The van der Waals surface area contributed by atoms with Crippen molar-refractivity contribution in [2.24, 2.45) is 0 Å². The van der Waals surface area contributed by atoms with Crippen LogP contribution in [0.1, 0.15) is 106 Å². The molecule has 1 atom stereocenters. The lowest BCUT2D eigenvalue weighted by Gasteiger charge is -2.18. The minimum absolute atomic E-state index is 0.110. The number of sulfonamides is 1. The Hall–Kier alpha value is -3.57. The lowest BCUT2D eigenvalue weighted by atomic mass is 10.0. The van der Waals surface area contributed by atoms with E-state index < -0.39 is 22.1 Å². The molecule has 12 heteroatoms. The summed E-state index contributed by atoms with van der Waals surface area (Å²) in [5.41, 5.74) is 1.54. The third kappa shape index (κ3) is 8.73. The molecule has 0 bridgehead atoms. The van der Waals surface area contributed by atoms with Crippen LogP contribution in [0.4, 0.5) is 5.69 Å². The molecule has 0 aliphatic heterocycles. The first-order valence-electron chi connectivity index (χ1n) is 14.9. The van der Waals surface area contributed by atoms with E-state index in [2.05, 4.69) is 26.9 Å². The van der Waals surface area contributed by atoms with Crippen molar-refractivity contribution in [2.45, 2.75) is 95.5 Å². The third-order valence-electron chi connectivity index (χ3n) is 7.38. The Kier molecular flexibility index (Phi) is 11.5. The average molecular weight is 630 g/mol. The molecule has 0 spiro atoms. The molecule has 0 fully saturated rings. The van der Waals surface area contributed by atoms with Crippen molar-refractivity contribution in [1.29, 1.82) is 0 Å². The highest BCUT2D eigenvalue weighted by atomic mass is 35.5. The number of aromatic nitrogens is 4. The molecule has 232 valence electrons. The average Bonchev–Trinajstić information content (AvgIpc) is 3.53. The van der Waals surface area contributed by atoms with Gasteiger partial charge >= 0.3 is 5.97 Å². The van der Waals surface area contributed by atoms with Crippen LogP contribution >= 0.6 is 11.6 Å². The summed E-state index contributed by atoms with van der Waals surface area (Å²) in [5.74, 6) is -0.0457. The molecule has 2 aromatic heterocycles. The Morgan fingerprint density at radius 3 is 2.30 bits per heavy atom. The van der Waals surface area contributed by atoms with Gasteiger partial charge in [0.1, 0.15) is 10.8 Å². The van der Waals surface area contributed by atoms with Gasteiger partial charge in [-0.1, -0.05) is 82.4 Å². The van der Waals surface area contributed by atoms with Crippen LogP contribution < -0.4 is 9.46 Å². The molecule has 0 radical (unpaired) electrons. The number of ether oxygens (including phenoxy) is 1. The minimum Gasteiger partial charge on any atom is -0.482 e. The van der Waals surface area contributed by atoms with Crippen molar-refractivity contribution >= 4 is 38.9 Å². The van der Waals surface area contributed by atoms with Gasteiger partial charge in [0.2, 0.25) is 0 Å². The number of halogens is 1. The van der Waals surface area contributed by atoms with Gasteiger partial charge in [-0.3, -0.25) is 9.82 Å². The molecule has 2 heterocycles. The van der Waals surface area contributed by atoms with Gasteiger partial charge in [0.15, 0.2) is 17.6 Å². The predicted molar refractivity (Wildman–Crippen MR) is 168 cm³/mol. The summed E-state index contributed by atoms with van der Waals surface area (Å²) < 4.78 is 36.3. The van der Waals surface area contributed by atoms with Crippen molar-refractivity contribution in [3.8, 4) is 5.75 Å². The molecule has 1 unspecified atom stereocenters. The first-order chi connectivity index (χ1) is 20.7. The number of hydrogen-bond donors (Lipinski definition) is 3. The first-order valence-corrected chi connectivity index (χ1v) is 16.8. The van der Waals surface area contributed by atoms with Crippen LogP contribution in [0.3, 0.4) is 0 Å². The molecule has 0 aliphatic rings. The van der Waals surface area contributed by atoms with E-state index in [9.17, 15) is 18.3 Å². The Morgan fingerprint density at radius 1 is 1.00 bits per heavy atom. The lowest BCUT2D eigenvalue weighted by molar-refractivity contribution is 0.0696. The van der Waals surface area contributed by atoms with E-state index in [1.165, 1.54) is 69.6 Å². The van der Waals surface area contributed by atoms with Crippen molar-refractivity contribution in [1.82, 2.24) is 19.8 Å². The normalized spacial score (nSPS) is 12.4. The smallest absolute Gasteiger partial charge is 0.335 e. The maximum atomic E-state index is 12.9. The van der Waals surface area contributed by atoms with Gasteiger partial charge in [0.05, 0.1) is 16.2 Å². The van der Waals surface area contributed by atoms with Gasteiger partial charge in [0.25, 0.3) is 10.0 Å². The number of anilines is 1. The summed E-state index contributed by atoms with van der Waals surface area (Å²) in [5, 5.41) is 21.6. The summed E-state index contributed by atoms with van der Waals surface area (Å²) in [6.07, 6.45) is 12.6. The van der Waals surface area contributed by atoms with Gasteiger partial charge in [0, 0.05) is 5.69 Å². The Bertz CT molecular complexity index is 1600. The highest BCUT2D eigenvalue weighted by Crippen LogP contribution is 2.30. The molecule has 0 saturated carbocycles. The number of nitrogens with one attached hydrogen (secondary N) is 2. The second-order valence-corrected chi connectivity index (χ2v) is 12.9. The molecule has 2 aromatic carbocycles. The topological polar surface area (TPSA) is 139 Å². The standard InChI is InChI=1S/C31H40ClN5O5S/c1-3-4-5-6-7-8-9-10-11-12-16-27(29-33-34-30-28(32)22(2)35-37(29)30)42-25-19-17-24(18-20-25)36-43(40,41)26-15-13-14-23(21-26)31(38)39/h13-15,17-21,27,35-36H,3-12,16H2,1-2H3,(H,38,39). The first kappa shape index (κ1) is 32.3. The maximum Gasteiger partial charge on any atom is 0.335 e. The number of hydrogen-bond acceptors (Lipinski definition) is 6. The van der Waals surface area contributed by atoms with E-state index in [-0.39, 0.29) is 10.5 Å². The number of unbranched alkanes of at least 4 members (excludes halogenated alkanes) is 9. The molecule has 4 rings (SSSR count). The number of carbonyl (C=O) groups is 1. The van der Waals surface area contributed by atoms with E-state index in [4.69, 9.17) is 16.3 Å². The Morgan fingerprint density at radius 2 is 1.65 bits per heavy atom. The van der Waals surface area contributed by atoms with Crippen molar-refractivity contribution in [3.05, 3.63) is 70.6 Å². The number of nitrogens with zero attached hydrogens (tertiary/aromatic N) is 3. The number of aromatic amines is 1.